The zero-order valence-corrected chi connectivity index (χ0v) is 11.5. The molecular formula is C6H7Cl4FePd. The van der Waals surface area contributed by atoms with Crippen LogP contribution >= 0.6 is 42.3 Å². The van der Waals surface area contributed by atoms with Gasteiger partial charge in [-0.05, 0) is 0 Å². The normalized spacial score (nSPS) is 12.6. The number of hydrogen-bond acceptors (Lipinski definition) is 0. The van der Waals surface area contributed by atoms with E-state index in [-0.39, 0.29) is 21.3 Å². The van der Waals surface area contributed by atoms with Crippen LogP contribution in [0.5, 0.6) is 0 Å². The van der Waals surface area contributed by atoms with Crippen molar-refractivity contribution in [3.63, 3.8) is 0 Å². The number of halogens is 4. The Kier molecular flexibility index (Phi) is 20.7. The summed E-state index contributed by atoms with van der Waals surface area (Å²) in [5.41, 5.74) is 0. The van der Waals surface area contributed by atoms with Gasteiger partial charge in [-0.25, -0.2) is 0 Å². The van der Waals surface area contributed by atoms with E-state index in [0.717, 1.165) is 6.42 Å². The minimum atomic E-state index is -0.106. The van der Waals surface area contributed by atoms with Gasteiger partial charge >= 0.3 is 80.1 Å². The molecule has 0 aromatic heterocycles. The summed E-state index contributed by atoms with van der Waals surface area (Å²) in [5.74, 6) is 0. The van der Waals surface area contributed by atoms with Crippen molar-refractivity contribution in [1.82, 2.24) is 0 Å². The van der Waals surface area contributed by atoms with E-state index in [0.29, 0.717) is 0 Å². The van der Waals surface area contributed by atoms with E-state index in [9.17, 15) is 0 Å². The molecule has 1 rings (SSSR count). The van der Waals surface area contributed by atoms with Crippen LogP contribution in [-0.2, 0) is 32.0 Å². The first kappa shape index (κ1) is 16.3. The van der Waals surface area contributed by atoms with Crippen molar-refractivity contribution in [2.75, 3.05) is 5.34 Å². The zero-order chi connectivity index (χ0) is 9.82. The third-order valence-electron chi connectivity index (χ3n) is 0.717. The number of allylic oxidation sites excluding steroid dienone is 4. The molecule has 0 aliphatic heterocycles. The molecule has 0 bridgehead atoms. The van der Waals surface area contributed by atoms with Gasteiger partial charge in [0.1, 0.15) is 0 Å². The first-order valence-corrected chi connectivity index (χ1v) is 8.29. The Labute approximate surface area is 108 Å². The average Bonchev–Trinajstić information content (AvgIpc) is 2.43. The van der Waals surface area contributed by atoms with Crippen LogP contribution < -0.4 is 0 Å². The summed E-state index contributed by atoms with van der Waals surface area (Å²) < 4.78 is 1.22. The third-order valence-corrected chi connectivity index (χ3v) is 1.13. The molecule has 6 heteroatoms. The average molecular weight is 383 g/mol. The maximum atomic E-state index is 4.81. The molecular weight excluding hydrogens is 376 g/mol. The second-order valence-corrected chi connectivity index (χ2v) is 5.25. The van der Waals surface area contributed by atoms with E-state index in [1.165, 1.54) is 4.47 Å². The fraction of sp³-hybridized carbons (Fsp3) is 0.333. The van der Waals surface area contributed by atoms with Crippen LogP contribution in [-0.4, -0.2) is 5.34 Å². The molecule has 0 saturated heterocycles. The Bertz CT molecular complexity index is 136. The molecule has 0 nitrogen and oxygen atoms in total. The molecule has 0 radical (unpaired) electrons. The molecule has 12 heavy (non-hydrogen) atoms. The van der Waals surface area contributed by atoms with Crippen molar-refractivity contribution < 1.29 is 32.0 Å². The van der Waals surface area contributed by atoms with E-state index < -0.39 is 0 Å². The summed E-state index contributed by atoms with van der Waals surface area (Å²) in [6, 6.07) is 0. The third kappa shape index (κ3) is 17.8. The van der Waals surface area contributed by atoms with Gasteiger partial charge < -0.3 is 0 Å². The molecule has 0 unspecified atom stereocenters. The molecule has 1 aliphatic rings. The topological polar surface area (TPSA) is 0 Å². The van der Waals surface area contributed by atoms with Gasteiger partial charge in [0.15, 0.2) is 0 Å². The number of alkyl halides is 2. The Hall–Kier alpha value is 1.82. The van der Waals surface area contributed by atoms with Gasteiger partial charge in [-0.3, -0.25) is 0 Å². The molecule has 1 aliphatic carbocycles. The summed E-state index contributed by atoms with van der Waals surface area (Å²) in [6.45, 7) is 0. The van der Waals surface area contributed by atoms with Crippen LogP contribution in [0.25, 0.3) is 0 Å². The van der Waals surface area contributed by atoms with Crippen molar-refractivity contribution in [1.29, 1.82) is 0 Å². The molecule has 0 fully saturated rings. The fourth-order valence-corrected chi connectivity index (χ4v) is 0.652. The van der Waals surface area contributed by atoms with Crippen molar-refractivity contribution in [2.45, 2.75) is 6.42 Å². The van der Waals surface area contributed by atoms with Crippen LogP contribution in [0.15, 0.2) is 22.7 Å². The van der Waals surface area contributed by atoms with Crippen LogP contribution in [0.2, 0.25) is 0 Å². The van der Waals surface area contributed by atoms with E-state index in [2.05, 4.69) is 22.1 Å². The Balaban J connectivity index is 0. The van der Waals surface area contributed by atoms with E-state index in [1.807, 2.05) is 12.2 Å². The molecule has 77 valence electrons. The summed E-state index contributed by atoms with van der Waals surface area (Å²) in [5, 5.41) is 0.194. The van der Waals surface area contributed by atoms with E-state index >= 15 is 0 Å². The molecule has 0 aromatic rings. The van der Waals surface area contributed by atoms with Gasteiger partial charge in [-0.15, -0.1) is 23.2 Å². The quantitative estimate of drug-likeness (QED) is 0.435. The monoisotopic (exact) mass is 381 g/mol. The van der Waals surface area contributed by atoms with Crippen molar-refractivity contribution >= 4 is 42.3 Å². The van der Waals surface area contributed by atoms with Gasteiger partial charge in [0.25, 0.3) is 0 Å². The first-order chi connectivity index (χ1) is 5.72. The van der Waals surface area contributed by atoms with Crippen molar-refractivity contribution in [2.24, 2.45) is 0 Å². The Morgan fingerprint density at radius 1 is 1.42 bits per heavy atom. The SMILES string of the molecule is ClCCl.[Cl][Pd][Cl].[Fe][C]1=CC=CC1. The van der Waals surface area contributed by atoms with E-state index in [1.54, 1.807) is 0 Å². The fourth-order valence-electron chi connectivity index (χ4n) is 0.416. The maximum absolute atomic E-state index is 4.81. The predicted molar refractivity (Wildman–Crippen MR) is 50.1 cm³/mol. The molecule has 0 aromatic carbocycles. The standard InChI is InChI=1S/C5H5.CH2Cl2.2ClH.Fe.Pd/c1-2-4-5-3-1;2-1-3;;;;/h1-3H,4H2;1H2;2*1H;;/q;;;;;+2/p-2. The predicted octanol–water partition coefficient (Wildman–Crippen LogP) is 4.18. The first-order valence-electron chi connectivity index (χ1n) is 2.67. The van der Waals surface area contributed by atoms with Crippen LogP contribution in [0, 0.1) is 0 Å². The number of hydrogen-bond donors (Lipinski definition) is 0. The van der Waals surface area contributed by atoms with Gasteiger partial charge in [0.05, 0.1) is 5.34 Å². The summed E-state index contributed by atoms with van der Waals surface area (Å²) >= 11 is 13.2. The Morgan fingerprint density at radius 3 is 1.92 bits per heavy atom. The summed E-state index contributed by atoms with van der Waals surface area (Å²) in [4.78, 5) is 0. The van der Waals surface area contributed by atoms with Crippen molar-refractivity contribution in [3.05, 3.63) is 22.7 Å². The minimum absolute atomic E-state index is 0.106. The molecule has 0 saturated carbocycles. The van der Waals surface area contributed by atoms with Crippen LogP contribution in [0.1, 0.15) is 6.42 Å². The Morgan fingerprint density at radius 2 is 1.83 bits per heavy atom. The van der Waals surface area contributed by atoms with Gasteiger partial charge in [0.2, 0.25) is 0 Å². The zero-order valence-electron chi connectivity index (χ0n) is 5.83. The van der Waals surface area contributed by atoms with Crippen LogP contribution in [0.4, 0.5) is 0 Å². The molecule has 0 atom stereocenters. The second-order valence-electron chi connectivity index (χ2n) is 1.38. The second kappa shape index (κ2) is 15.3. The van der Waals surface area contributed by atoms with Gasteiger partial charge in [-0.2, -0.15) is 0 Å². The van der Waals surface area contributed by atoms with Crippen molar-refractivity contribution in [3.8, 4) is 0 Å². The van der Waals surface area contributed by atoms with E-state index in [4.69, 9.17) is 42.3 Å². The summed E-state index contributed by atoms with van der Waals surface area (Å²) in [6.07, 6.45) is 7.21. The van der Waals surface area contributed by atoms with Crippen LogP contribution in [0.3, 0.4) is 0 Å². The molecule has 0 N–H and O–H groups in total. The molecule has 0 spiro atoms. The number of rotatable bonds is 0. The summed E-state index contributed by atoms with van der Waals surface area (Å²) in [7, 11) is 9.63. The van der Waals surface area contributed by atoms with Gasteiger partial charge in [0, 0.05) is 0 Å². The van der Waals surface area contributed by atoms with Gasteiger partial charge in [-0.1, -0.05) is 0 Å². The molecule has 0 amide bonds. The molecule has 0 heterocycles.